The van der Waals surface area contributed by atoms with Crippen LogP contribution in [0.5, 0.6) is 40.2 Å². The number of nitrogens with zero attached hydrogens (tertiary/aromatic N) is 6. The second-order valence-electron chi connectivity index (χ2n) is 23.3. The number of aromatic nitrogens is 2. The number of carbonyl (C=O) groups is 4. The predicted molar refractivity (Wildman–Crippen MR) is 364 cm³/mol. The lowest BCUT2D eigenvalue weighted by atomic mass is 10.00. The van der Waals surface area contributed by atoms with E-state index < -0.39 is 23.0 Å². The summed E-state index contributed by atoms with van der Waals surface area (Å²) < 4.78 is 67.3. The van der Waals surface area contributed by atoms with Gasteiger partial charge >= 0.3 is 12.2 Å². The Morgan fingerprint density at radius 1 is 0.588 bits per heavy atom. The third kappa shape index (κ3) is 18.4. The van der Waals surface area contributed by atoms with Crippen molar-refractivity contribution >= 4 is 64.2 Å². The van der Waals surface area contributed by atoms with Crippen molar-refractivity contribution in [1.82, 2.24) is 35.3 Å². The number of halogens is 2. The number of nitrogens with one attached hydrogen (secondary N) is 2. The number of allylic oxidation sites excluding steroid dienone is 4. The van der Waals surface area contributed by atoms with E-state index in [2.05, 4.69) is 37.4 Å². The maximum atomic E-state index is 14.4. The number of benzene rings is 5. The number of nitro benzene ring substituents is 1. The summed E-state index contributed by atoms with van der Waals surface area (Å²) in [7, 11) is 9.94. The largest absolute Gasteiger partial charge is 0.519 e. The Bertz CT molecular complexity index is 4090. The first-order valence-electron chi connectivity index (χ1n) is 31.2. The van der Waals surface area contributed by atoms with Crippen molar-refractivity contribution in [2.24, 2.45) is 5.73 Å². The number of likely N-dealkylation sites (N-methyl/N-ethyl adjacent to an activating group) is 1. The minimum atomic E-state index is -1.12. The molecule has 506 valence electrons. The van der Waals surface area contributed by atoms with Gasteiger partial charge in [0.15, 0.2) is 23.0 Å². The maximum Gasteiger partial charge on any atom is 0.519 e. The van der Waals surface area contributed by atoms with Crippen molar-refractivity contribution < 1.29 is 66.0 Å². The van der Waals surface area contributed by atoms with Gasteiger partial charge in [0.1, 0.15) is 17.4 Å². The van der Waals surface area contributed by atoms with Crippen LogP contribution in [0, 0.1) is 21.7 Å². The quantitative estimate of drug-likeness (QED) is 0.0312. The third-order valence-corrected chi connectivity index (χ3v) is 16.7. The van der Waals surface area contributed by atoms with Crippen LogP contribution in [0.2, 0.25) is 0 Å². The van der Waals surface area contributed by atoms with Crippen molar-refractivity contribution in [1.29, 1.82) is 0 Å². The predicted octanol–water partition coefficient (Wildman–Crippen LogP) is 11.8. The van der Waals surface area contributed by atoms with E-state index in [-0.39, 0.29) is 64.9 Å². The Hall–Kier alpha value is -10.8. The molecule has 4 N–H and O–H groups in total. The summed E-state index contributed by atoms with van der Waals surface area (Å²) >= 11 is 0. The molecule has 2 saturated heterocycles. The smallest absolute Gasteiger partial charge is 0.493 e. The van der Waals surface area contributed by atoms with Gasteiger partial charge < -0.3 is 64.2 Å². The molecule has 2 aliphatic carbocycles. The van der Waals surface area contributed by atoms with Gasteiger partial charge in [-0.1, -0.05) is 24.3 Å². The Labute approximate surface area is 561 Å². The molecule has 2 fully saturated rings. The maximum absolute atomic E-state index is 14.4. The van der Waals surface area contributed by atoms with Crippen LogP contribution in [0.4, 0.5) is 24.1 Å². The first kappa shape index (κ1) is 70.5. The van der Waals surface area contributed by atoms with Crippen LogP contribution in [0.3, 0.4) is 0 Å². The van der Waals surface area contributed by atoms with Gasteiger partial charge in [-0.25, -0.2) is 18.4 Å². The fourth-order valence-electron chi connectivity index (χ4n) is 11.3. The number of hydrogen-bond acceptors (Lipinski definition) is 18. The Morgan fingerprint density at radius 2 is 1.02 bits per heavy atom. The van der Waals surface area contributed by atoms with Gasteiger partial charge in [-0.15, -0.1) is 0 Å². The number of piperazine rings is 1. The van der Waals surface area contributed by atoms with Crippen molar-refractivity contribution in [3.8, 4) is 40.2 Å². The summed E-state index contributed by atoms with van der Waals surface area (Å²) in [5, 5.41) is 16.7. The number of hydrogen-bond donors (Lipinski definition) is 3. The number of methoxy groups -OCH3 is 4. The zero-order valence-electron chi connectivity index (χ0n) is 55.2. The summed E-state index contributed by atoms with van der Waals surface area (Å²) in [5.41, 5.74) is 16.2. The van der Waals surface area contributed by atoms with E-state index in [4.69, 9.17) is 38.9 Å². The lowest BCUT2D eigenvalue weighted by Gasteiger charge is -2.31. The molecular weight excluding hydrogens is 1250 g/mol. The van der Waals surface area contributed by atoms with Crippen molar-refractivity contribution in [3.05, 3.63) is 211 Å². The van der Waals surface area contributed by atoms with Gasteiger partial charge in [-0.2, -0.15) is 0 Å². The number of nitrogens with two attached hydrogens (primary N) is 1. The van der Waals surface area contributed by atoms with Crippen molar-refractivity contribution in [2.75, 3.05) is 81.8 Å². The highest BCUT2D eigenvalue weighted by atomic mass is 19.1. The molecule has 7 aromatic rings. The number of nitro groups is 1. The van der Waals surface area contributed by atoms with Crippen LogP contribution in [0.1, 0.15) is 84.0 Å². The van der Waals surface area contributed by atoms with Crippen LogP contribution in [-0.2, 0) is 22.7 Å². The molecule has 0 saturated carbocycles. The normalized spacial score (nSPS) is 15.3. The molecule has 97 heavy (non-hydrogen) atoms. The highest BCUT2D eigenvalue weighted by Gasteiger charge is 2.30. The Kier molecular flexibility index (Phi) is 24.0. The average molecular weight is 1330 g/mol. The molecule has 4 aliphatic rings. The summed E-state index contributed by atoms with van der Waals surface area (Å²) in [6.45, 7) is 9.49. The number of ether oxygens (including phenoxy) is 7. The Morgan fingerprint density at radius 3 is 1.42 bits per heavy atom. The fourth-order valence-corrected chi connectivity index (χ4v) is 11.3. The number of carbonyl (C=O) groups excluding carboxylic acids is 4. The van der Waals surface area contributed by atoms with E-state index >= 15 is 0 Å². The minimum Gasteiger partial charge on any atom is -0.493 e. The standard InChI is InChI=1S/C34H28FN3O8.C33H35FN4O5.C6H14N2/c1-20-27(26-11-6-23(35)16-29(26)28(20)17-32(39)37-19-21-5-4-12-36-18-21)13-22-14-30(43-2)33(31(15-22)44-3)46-34(40)45-25-9-7-24(8-10-25)38(41)42;1-21-26(25-8-7-24(34)17-28(25)27(21)18-31(39)36-20-22-6-5-9-35-19-22)14-23-15-29(41-3)32(30(16-23)42-4)43-33(40)38-12-10-37(2)11-13-38;1-8-4-2-6(7)3-5-8/h4-16,18H,17,19H2,1-3H3,(H,37,39);5-9,14-17,19H,10-13,18,20H2,1-4H3,(H,36,39);6H,2-5,7H2,1H3. The first-order chi connectivity index (χ1) is 46.7. The number of pyridine rings is 2. The molecule has 5 aromatic carbocycles. The third-order valence-electron chi connectivity index (χ3n) is 16.7. The molecule has 2 aromatic heterocycles. The number of non-ortho nitro benzene ring substituents is 1. The molecule has 22 nitrogen and oxygen atoms in total. The highest BCUT2D eigenvalue weighted by molar-refractivity contribution is 6.09. The van der Waals surface area contributed by atoms with Crippen LogP contribution in [0.15, 0.2) is 145 Å². The van der Waals surface area contributed by atoms with Gasteiger partial charge in [0.2, 0.25) is 23.3 Å². The van der Waals surface area contributed by atoms with E-state index in [1.807, 2.05) is 51.2 Å². The number of rotatable bonds is 18. The monoisotopic (exact) mass is 1330 g/mol. The zero-order valence-corrected chi connectivity index (χ0v) is 55.2. The van der Waals surface area contributed by atoms with Gasteiger partial charge in [0, 0.05) is 82.2 Å². The summed E-state index contributed by atoms with van der Waals surface area (Å²) in [6.07, 6.45) is 11.4. The Balaban J connectivity index is 0.000000204. The van der Waals surface area contributed by atoms with E-state index in [1.165, 1.54) is 103 Å². The second kappa shape index (κ2) is 33.0. The van der Waals surface area contributed by atoms with Crippen LogP contribution in [0.25, 0.3) is 34.4 Å². The lowest BCUT2D eigenvalue weighted by Crippen LogP contribution is -2.48. The molecule has 2 aliphatic heterocycles. The lowest BCUT2D eigenvalue weighted by molar-refractivity contribution is -0.384. The molecule has 0 unspecified atom stereocenters. The molecule has 0 spiro atoms. The SMILES string of the molecule is CN1CCC(N)CC1.COc1cc(C=C2C(C)=C(CC(=O)NCc3cccnc3)c3cc(F)ccc32)cc(OC)c1OC(=O)N1CCN(C)CC1.COc1cc(C=C2C(C)=C(CC(=O)NCc3cccnc3)c3cc(F)ccc32)cc(OC)c1OC(=O)Oc1ccc([N+](=O)[O-])cc1. The van der Waals surface area contributed by atoms with Gasteiger partial charge in [-0.3, -0.25) is 29.7 Å². The van der Waals surface area contributed by atoms with E-state index in [1.54, 1.807) is 72.2 Å². The first-order valence-corrected chi connectivity index (χ1v) is 31.2. The molecule has 0 atom stereocenters. The van der Waals surface area contributed by atoms with Crippen LogP contribution >= 0.6 is 0 Å². The molecule has 3 amide bonds. The summed E-state index contributed by atoms with van der Waals surface area (Å²) in [6, 6.07) is 28.6. The topological polar surface area (TPSA) is 262 Å². The van der Waals surface area contributed by atoms with E-state index in [0.717, 1.165) is 68.8 Å². The number of piperidine rings is 1. The molecule has 4 heterocycles. The van der Waals surface area contributed by atoms with Crippen LogP contribution in [-0.4, -0.2) is 141 Å². The average Bonchev–Trinajstić information content (AvgIpc) is 1.63. The van der Waals surface area contributed by atoms with Gasteiger partial charge in [-0.05, 0) is 217 Å². The minimum absolute atomic E-state index is 0.0371. The molecular formula is C73H77F2N9O13. The summed E-state index contributed by atoms with van der Waals surface area (Å²) in [4.78, 5) is 76.0. The second-order valence-corrected chi connectivity index (χ2v) is 23.3. The van der Waals surface area contributed by atoms with Gasteiger partial charge in [0.05, 0.1) is 46.2 Å². The van der Waals surface area contributed by atoms with E-state index in [9.17, 15) is 38.1 Å². The molecule has 11 rings (SSSR count). The zero-order chi connectivity index (χ0) is 69.3. The fraction of sp³-hybridized carbons (Fsp3) is 0.288. The molecule has 0 bridgehead atoms. The number of likely N-dealkylation sites (tertiary alicyclic amines) is 1. The van der Waals surface area contributed by atoms with Crippen molar-refractivity contribution in [3.63, 3.8) is 0 Å². The van der Waals surface area contributed by atoms with Crippen LogP contribution < -0.4 is 49.5 Å². The van der Waals surface area contributed by atoms with Crippen molar-refractivity contribution in [2.45, 2.75) is 58.7 Å². The molecule has 0 radical (unpaired) electrons. The number of fused-ring (bicyclic) bond motifs is 2. The van der Waals surface area contributed by atoms with Gasteiger partial charge in [0.25, 0.3) is 5.69 Å². The number of amides is 3. The molecule has 24 heteroatoms. The highest BCUT2D eigenvalue weighted by Crippen LogP contribution is 2.48. The summed E-state index contributed by atoms with van der Waals surface area (Å²) in [5.74, 6) is -0.0385. The van der Waals surface area contributed by atoms with E-state index in [0.29, 0.717) is 66.0 Å².